The van der Waals surface area contributed by atoms with E-state index in [2.05, 4.69) is 12.1 Å². The van der Waals surface area contributed by atoms with E-state index in [9.17, 15) is 14.8 Å². The van der Waals surface area contributed by atoms with E-state index >= 15 is 0 Å². The van der Waals surface area contributed by atoms with E-state index in [0.717, 1.165) is 45.2 Å². The maximum absolute atomic E-state index is 13.3. The number of amides is 2. The van der Waals surface area contributed by atoms with Gasteiger partial charge in [0, 0.05) is 38.3 Å². The highest BCUT2D eigenvalue weighted by molar-refractivity contribution is 5.95. The number of hydrogen-bond acceptors (Lipinski definition) is 3. The molecule has 1 atom stereocenters. The Bertz CT molecular complexity index is 869. The Balaban J connectivity index is 1.37. The molecule has 6 heteroatoms. The van der Waals surface area contributed by atoms with Crippen molar-refractivity contribution >= 4 is 11.8 Å². The lowest BCUT2D eigenvalue weighted by atomic mass is 9.78. The number of nitrogens with zero attached hydrogens (tertiary/aromatic N) is 3. The SMILES string of the molecule is O=C(c1cc[n+]([O-])cc1)N1CC[C@]2(CCCN(CCCc3ccccc3)C2=O)C1. The maximum Gasteiger partial charge on any atom is 0.254 e. The average Bonchev–Trinajstić information content (AvgIpc) is 3.17. The van der Waals surface area contributed by atoms with Crippen molar-refractivity contribution in [2.75, 3.05) is 26.2 Å². The van der Waals surface area contributed by atoms with Gasteiger partial charge in [-0.05, 0) is 37.7 Å². The standard InChI is InChI=1S/C23H27N3O3/c27-21(20-9-15-26(29)16-10-20)25-17-12-23(18-25)11-5-14-24(22(23)28)13-4-8-19-6-2-1-3-7-19/h1-3,6-7,9-10,15-16H,4-5,8,11-14,17-18H2/t23-/m1/s1. The fraction of sp³-hybridized carbons (Fsp3) is 0.435. The minimum absolute atomic E-state index is 0.100. The molecular weight excluding hydrogens is 366 g/mol. The van der Waals surface area contributed by atoms with Crippen LogP contribution in [0.1, 0.15) is 41.6 Å². The van der Waals surface area contributed by atoms with E-state index in [4.69, 9.17) is 0 Å². The first kappa shape index (κ1) is 19.4. The van der Waals surface area contributed by atoms with Crippen LogP contribution in [0.4, 0.5) is 0 Å². The van der Waals surface area contributed by atoms with Crippen molar-refractivity contribution in [3.63, 3.8) is 0 Å². The highest BCUT2D eigenvalue weighted by Crippen LogP contribution is 2.40. The fourth-order valence-electron chi connectivity index (χ4n) is 4.65. The second-order valence-electron chi connectivity index (χ2n) is 8.19. The topological polar surface area (TPSA) is 67.6 Å². The smallest absolute Gasteiger partial charge is 0.254 e. The minimum Gasteiger partial charge on any atom is -0.619 e. The summed E-state index contributed by atoms with van der Waals surface area (Å²) in [5, 5.41) is 11.2. The molecule has 2 aliphatic rings. The zero-order chi connectivity index (χ0) is 20.3. The van der Waals surface area contributed by atoms with E-state index in [1.54, 1.807) is 17.0 Å². The molecule has 1 aromatic carbocycles. The van der Waals surface area contributed by atoms with Crippen molar-refractivity contribution in [2.45, 2.75) is 32.1 Å². The van der Waals surface area contributed by atoms with Crippen LogP contribution in [0.5, 0.6) is 0 Å². The molecular formula is C23H27N3O3. The van der Waals surface area contributed by atoms with Crippen LogP contribution in [0, 0.1) is 10.6 Å². The Morgan fingerprint density at radius 3 is 2.59 bits per heavy atom. The van der Waals surface area contributed by atoms with Crippen molar-refractivity contribution in [2.24, 2.45) is 5.41 Å². The van der Waals surface area contributed by atoms with Gasteiger partial charge in [-0.25, -0.2) is 0 Å². The van der Waals surface area contributed by atoms with Crippen LogP contribution >= 0.6 is 0 Å². The van der Waals surface area contributed by atoms with Gasteiger partial charge in [-0.15, -0.1) is 0 Å². The van der Waals surface area contributed by atoms with Crippen molar-refractivity contribution in [3.8, 4) is 0 Å². The third-order valence-electron chi connectivity index (χ3n) is 6.25. The van der Waals surface area contributed by atoms with Crippen LogP contribution in [0.25, 0.3) is 0 Å². The summed E-state index contributed by atoms with van der Waals surface area (Å²) in [6.07, 6.45) is 7.14. The Kier molecular flexibility index (Phi) is 5.51. The van der Waals surface area contributed by atoms with Gasteiger partial charge < -0.3 is 15.0 Å². The second kappa shape index (κ2) is 8.23. The lowest BCUT2D eigenvalue weighted by Crippen LogP contribution is -2.50. The predicted molar refractivity (Wildman–Crippen MR) is 109 cm³/mol. The number of carbonyl (C=O) groups is 2. The Morgan fingerprint density at radius 2 is 1.83 bits per heavy atom. The predicted octanol–water partition coefficient (Wildman–Crippen LogP) is 2.41. The molecule has 0 N–H and O–H groups in total. The summed E-state index contributed by atoms with van der Waals surface area (Å²) in [4.78, 5) is 29.9. The molecule has 4 rings (SSSR count). The molecule has 3 heterocycles. The first-order valence-electron chi connectivity index (χ1n) is 10.4. The molecule has 0 radical (unpaired) electrons. The molecule has 2 amide bonds. The highest BCUT2D eigenvalue weighted by Gasteiger charge is 2.49. The summed E-state index contributed by atoms with van der Waals surface area (Å²) in [6.45, 7) is 2.65. The molecule has 0 bridgehead atoms. The van der Waals surface area contributed by atoms with E-state index < -0.39 is 5.41 Å². The fourth-order valence-corrected chi connectivity index (χ4v) is 4.65. The van der Waals surface area contributed by atoms with Crippen molar-refractivity contribution in [1.82, 2.24) is 9.80 Å². The molecule has 2 saturated heterocycles. The molecule has 0 unspecified atom stereocenters. The van der Waals surface area contributed by atoms with E-state index in [0.29, 0.717) is 23.4 Å². The van der Waals surface area contributed by atoms with Gasteiger partial charge >= 0.3 is 0 Å². The maximum atomic E-state index is 13.3. The van der Waals surface area contributed by atoms with Crippen LogP contribution < -0.4 is 4.73 Å². The molecule has 2 fully saturated rings. The van der Waals surface area contributed by atoms with Crippen molar-refractivity contribution in [1.29, 1.82) is 0 Å². The number of piperidine rings is 1. The van der Waals surface area contributed by atoms with Gasteiger partial charge in [0.1, 0.15) is 0 Å². The molecule has 0 aliphatic carbocycles. The first-order valence-corrected chi connectivity index (χ1v) is 10.4. The van der Waals surface area contributed by atoms with E-state index in [1.807, 2.05) is 23.1 Å². The van der Waals surface area contributed by atoms with Gasteiger partial charge in [0.25, 0.3) is 5.91 Å². The zero-order valence-corrected chi connectivity index (χ0v) is 16.6. The Labute approximate surface area is 171 Å². The number of rotatable bonds is 5. The van der Waals surface area contributed by atoms with E-state index in [-0.39, 0.29) is 11.8 Å². The second-order valence-corrected chi connectivity index (χ2v) is 8.19. The van der Waals surface area contributed by atoms with Gasteiger partial charge in [-0.1, -0.05) is 30.3 Å². The largest absolute Gasteiger partial charge is 0.619 e. The number of hydrogen-bond donors (Lipinski definition) is 0. The number of pyridine rings is 1. The Hall–Kier alpha value is -2.89. The minimum atomic E-state index is -0.437. The number of aromatic nitrogens is 1. The van der Waals surface area contributed by atoms with Crippen LogP contribution in [-0.2, 0) is 11.2 Å². The summed E-state index contributed by atoms with van der Waals surface area (Å²) in [5.41, 5.74) is 1.36. The van der Waals surface area contributed by atoms with Gasteiger partial charge in [0.05, 0.1) is 11.0 Å². The van der Waals surface area contributed by atoms with Crippen LogP contribution in [0.2, 0.25) is 0 Å². The van der Waals surface area contributed by atoms with E-state index in [1.165, 1.54) is 18.0 Å². The normalized spacial score (nSPS) is 21.7. The number of benzene rings is 1. The van der Waals surface area contributed by atoms with Gasteiger partial charge in [0.2, 0.25) is 5.91 Å². The summed E-state index contributed by atoms with van der Waals surface area (Å²) in [7, 11) is 0. The van der Waals surface area contributed by atoms with Gasteiger partial charge in [0.15, 0.2) is 12.4 Å². The molecule has 1 spiro atoms. The third kappa shape index (κ3) is 4.11. The quantitative estimate of drug-likeness (QED) is 0.579. The molecule has 29 heavy (non-hydrogen) atoms. The third-order valence-corrected chi connectivity index (χ3v) is 6.25. The van der Waals surface area contributed by atoms with Gasteiger partial charge in [-0.2, -0.15) is 4.73 Å². The molecule has 2 aliphatic heterocycles. The molecule has 2 aromatic rings. The lowest BCUT2D eigenvalue weighted by Gasteiger charge is -2.39. The number of likely N-dealkylation sites (tertiary alicyclic amines) is 2. The Morgan fingerprint density at radius 1 is 1.07 bits per heavy atom. The number of carbonyl (C=O) groups excluding carboxylic acids is 2. The summed E-state index contributed by atoms with van der Waals surface area (Å²) in [5.74, 6) is 0.106. The van der Waals surface area contributed by atoms with Crippen LogP contribution in [-0.4, -0.2) is 47.8 Å². The number of aryl methyl sites for hydroxylation is 1. The highest BCUT2D eigenvalue weighted by atomic mass is 16.5. The average molecular weight is 393 g/mol. The van der Waals surface area contributed by atoms with Crippen LogP contribution in [0.3, 0.4) is 0 Å². The lowest BCUT2D eigenvalue weighted by molar-refractivity contribution is -0.605. The summed E-state index contributed by atoms with van der Waals surface area (Å²) >= 11 is 0. The summed E-state index contributed by atoms with van der Waals surface area (Å²) in [6, 6.07) is 13.4. The first-order chi connectivity index (χ1) is 14.1. The van der Waals surface area contributed by atoms with Crippen molar-refractivity contribution < 1.29 is 14.3 Å². The van der Waals surface area contributed by atoms with Crippen LogP contribution in [0.15, 0.2) is 54.9 Å². The monoisotopic (exact) mass is 393 g/mol. The molecule has 6 nitrogen and oxygen atoms in total. The molecule has 0 saturated carbocycles. The molecule has 152 valence electrons. The van der Waals surface area contributed by atoms with Crippen molar-refractivity contribution in [3.05, 3.63) is 71.2 Å². The zero-order valence-electron chi connectivity index (χ0n) is 16.6. The summed E-state index contributed by atoms with van der Waals surface area (Å²) < 4.78 is 0.667. The molecule has 1 aromatic heterocycles. The van der Waals surface area contributed by atoms with Gasteiger partial charge in [-0.3, -0.25) is 9.59 Å².